The number of halogens is 1. The number of methoxy groups -OCH3 is 2. The second-order valence-corrected chi connectivity index (χ2v) is 5.83. The lowest BCUT2D eigenvalue weighted by Crippen LogP contribution is -2.23. The highest BCUT2D eigenvalue weighted by molar-refractivity contribution is 6.30. The van der Waals surface area contributed by atoms with Gasteiger partial charge in [0.15, 0.2) is 11.6 Å². The zero-order valence-corrected chi connectivity index (χ0v) is 14.5. The van der Waals surface area contributed by atoms with Gasteiger partial charge in [0.25, 0.3) is 0 Å². The number of benzene rings is 2. The van der Waals surface area contributed by atoms with Crippen LogP contribution in [0.2, 0.25) is 0 Å². The maximum absolute atomic E-state index is 13.5. The third-order valence-electron chi connectivity index (χ3n) is 4.31. The third-order valence-corrected chi connectivity index (χ3v) is 4.31. The summed E-state index contributed by atoms with van der Waals surface area (Å²) in [5.74, 6) is -2.05. The number of ketones is 2. The van der Waals surface area contributed by atoms with Crippen molar-refractivity contribution in [2.45, 2.75) is 13.0 Å². The molecule has 2 aromatic rings. The molecule has 1 aliphatic rings. The molecule has 6 nitrogen and oxygen atoms in total. The van der Waals surface area contributed by atoms with Crippen LogP contribution in [-0.4, -0.2) is 37.7 Å². The molecular formula is C19H17FO6. The van der Waals surface area contributed by atoms with Gasteiger partial charge in [0.05, 0.1) is 24.3 Å². The van der Waals surface area contributed by atoms with Crippen molar-refractivity contribution in [3.05, 3.63) is 57.9 Å². The van der Waals surface area contributed by atoms with Crippen molar-refractivity contribution in [3.63, 3.8) is 0 Å². The van der Waals surface area contributed by atoms with Gasteiger partial charge >= 0.3 is 0 Å². The van der Waals surface area contributed by atoms with E-state index < -0.39 is 23.5 Å². The van der Waals surface area contributed by atoms with Gasteiger partial charge in [-0.25, -0.2) is 4.39 Å². The van der Waals surface area contributed by atoms with Crippen LogP contribution in [0.15, 0.2) is 24.3 Å². The standard InChI is InChI=1S/C19H17FO6/c1-9(26-8-24-2)12-7-14(25-3)15-16(18(12)22)17(21)11-5-4-10(20)6-13(11)19(15)23/h4-7,9,22H,8H2,1-3H3. The predicted octanol–water partition coefficient (Wildman–Crippen LogP) is 3.00. The highest BCUT2D eigenvalue weighted by Crippen LogP contribution is 2.42. The fraction of sp³-hybridized carbons (Fsp3) is 0.263. The number of carbonyl (C=O) groups excluding carboxylic acids is 2. The zero-order valence-electron chi connectivity index (χ0n) is 14.5. The number of phenols is 1. The molecule has 136 valence electrons. The molecule has 0 radical (unpaired) electrons. The maximum Gasteiger partial charge on any atom is 0.198 e. The molecule has 0 saturated carbocycles. The first kappa shape index (κ1) is 18.0. The van der Waals surface area contributed by atoms with Gasteiger partial charge in [-0.2, -0.15) is 0 Å². The van der Waals surface area contributed by atoms with Gasteiger partial charge in [0.1, 0.15) is 24.1 Å². The first-order chi connectivity index (χ1) is 12.4. The number of hydrogen-bond acceptors (Lipinski definition) is 6. The van der Waals surface area contributed by atoms with Crippen LogP contribution in [-0.2, 0) is 9.47 Å². The van der Waals surface area contributed by atoms with E-state index in [0.29, 0.717) is 0 Å². The molecule has 2 aromatic carbocycles. The van der Waals surface area contributed by atoms with Crippen molar-refractivity contribution >= 4 is 11.6 Å². The summed E-state index contributed by atoms with van der Waals surface area (Å²) in [5, 5.41) is 10.7. The quantitative estimate of drug-likeness (QED) is 0.705. The van der Waals surface area contributed by atoms with Gasteiger partial charge in [-0.3, -0.25) is 9.59 Å². The second kappa shape index (κ2) is 6.86. The smallest absolute Gasteiger partial charge is 0.198 e. The molecule has 1 atom stereocenters. The van der Waals surface area contributed by atoms with Crippen molar-refractivity contribution in [1.82, 2.24) is 0 Å². The summed E-state index contributed by atoms with van der Waals surface area (Å²) in [4.78, 5) is 25.7. The van der Waals surface area contributed by atoms with E-state index >= 15 is 0 Å². The summed E-state index contributed by atoms with van der Waals surface area (Å²) >= 11 is 0. The maximum atomic E-state index is 13.5. The summed E-state index contributed by atoms with van der Waals surface area (Å²) in [6.07, 6.45) is -0.619. The number of fused-ring (bicyclic) bond motifs is 2. The van der Waals surface area contributed by atoms with Crippen molar-refractivity contribution < 1.29 is 33.3 Å². The lowest BCUT2D eigenvalue weighted by molar-refractivity contribution is -0.0672. The topological polar surface area (TPSA) is 82.1 Å². The predicted molar refractivity (Wildman–Crippen MR) is 89.3 cm³/mol. The molecular weight excluding hydrogens is 343 g/mol. The Morgan fingerprint density at radius 2 is 1.77 bits per heavy atom. The highest BCUT2D eigenvalue weighted by Gasteiger charge is 2.37. The number of carbonyl (C=O) groups is 2. The highest BCUT2D eigenvalue weighted by atomic mass is 19.1. The van der Waals surface area contributed by atoms with E-state index in [4.69, 9.17) is 14.2 Å². The lowest BCUT2D eigenvalue weighted by atomic mass is 9.81. The van der Waals surface area contributed by atoms with Gasteiger partial charge in [0.2, 0.25) is 0 Å². The summed E-state index contributed by atoms with van der Waals surface area (Å²) < 4.78 is 29.1. The van der Waals surface area contributed by atoms with Crippen LogP contribution in [0.4, 0.5) is 4.39 Å². The average molecular weight is 360 g/mol. The molecule has 0 aromatic heterocycles. The number of ether oxygens (including phenoxy) is 3. The minimum atomic E-state index is -0.630. The molecule has 0 heterocycles. The minimum absolute atomic E-state index is 0.0189. The Balaban J connectivity index is 2.23. The zero-order chi connectivity index (χ0) is 19.0. The summed E-state index contributed by atoms with van der Waals surface area (Å²) in [5.41, 5.74) is -0.00280. The molecule has 1 aliphatic carbocycles. The van der Waals surface area contributed by atoms with Gasteiger partial charge < -0.3 is 19.3 Å². The number of phenolic OH excluding ortho intramolecular Hbond substituents is 1. The van der Waals surface area contributed by atoms with E-state index in [1.165, 1.54) is 26.4 Å². The molecule has 26 heavy (non-hydrogen) atoms. The Morgan fingerprint density at radius 1 is 1.08 bits per heavy atom. The van der Waals surface area contributed by atoms with E-state index in [1.54, 1.807) is 6.92 Å². The normalized spacial score (nSPS) is 14.0. The first-order valence-corrected chi connectivity index (χ1v) is 7.84. The van der Waals surface area contributed by atoms with Crippen LogP contribution in [0.3, 0.4) is 0 Å². The van der Waals surface area contributed by atoms with E-state index in [0.717, 1.165) is 12.1 Å². The van der Waals surface area contributed by atoms with Gasteiger partial charge in [-0.15, -0.1) is 0 Å². The molecule has 0 bridgehead atoms. The van der Waals surface area contributed by atoms with E-state index in [2.05, 4.69) is 0 Å². The van der Waals surface area contributed by atoms with Crippen molar-refractivity contribution in [1.29, 1.82) is 0 Å². The molecule has 0 spiro atoms. The Labute approximate surface area is 149 Å². The van der Waals surface area contributed by atoms with E-state index in [-0.39, 0.29) is 46.1 Å². The first-order valence-electron chi connectivity index (χ1n) is 7.84. The molecule has 0 fully saturated rings. The molecule has 0 amide bonds. The second-order valence-electron chi connectivity index (χ2n) is 5.83. The van der Waals surface area contributed by atoms with Crippen LogP contribution >= 0.6 is 0 Å². The summed E-state index contributed by atoms with van der Waals surface area (Å²) in [6.45, 7) is 1.65. The summed E-state index contributed by atoms with van der Waals surface area (Å²) in [6, 6.07) is 4.77. The Morgan fingerprint density at radius 3 is 2.42 bits per heavy atom. The van der Waals surface area contributed by atoms with Crippen molar-refractivity contribution in [2.24, 2.45) is 0 Å². The fourth-order valence-corrected chi connectivity index (χ4v) is 3.02. The average Bonchev–Trinajstić information content (AvgIpc) is 2.63. The fourth-order valence-electron chi connectivity index (χ4n) is 3.02. The third kappa shape index (κ3) is 2.75. The molecule has 3 rings (SSSR count). The van der Waals surface area contributed by atoms with Crippen LogP contribution < -0.4 is 4.74 Å². The molecule has 1 unspecified atom stereocenters. The Kier molecular flexibility index (Phi) is 4.76. The largest absolute Gasteiger partial charge is 0.507 e. The van der Waals surface area contributed by atoms with Gasteiger partial charge in [0, 0.05) is 23.8 Å². The van der Waals surface area contributed by atoms with Crippen LogP contribution in [0.1, 0.15) is 50.4 Å². The number of aromatic hydroxyl groups is 1. The van der Waals surface area contributed by atoms with Crippen molar-refractivity contribution in [3.8, 4) is 11.5 Å². The molecule has 0 aliphatic heterocycles. The number of hydrogen-bond donors (Lipinski definition) is 1. The van der Waals surface area contributed by atoms with Crippen molar-refractivity contribution in [2.75, 3.05) is 21.0 Å². The van der Waals surface area contributed by atoms with Crippen LogP contribution in [0, 0.1) is 5.82 Å². The monoisotopic (exact) mass is 360 g/mol. The lowest BCUT2D eigenvalue weighted by Gasteiger charge is -2.24. The molecule has 1 N–H and O–H groups in total. The van der Waals surface area contributed by atoms with Gasteiger partial charge in [-0.1, -0.05) is 0 Å². The molecule has 0 saturated heterocycles. The Bertz CT molecular complexity index is 905. The molecule has 7 heteroatoms. The summed E-state index contributed by atoms with van der Waals surface area (Å²) in [7, 11) is 2.80. The Hall–Kier alpha value is -2.77. The minimum Gasteiger partial charge on any atom is -0.507 e. The SMILES string of the molecule is COCOC(C)c1cc(OC)c2c(c1O)C(=O)c1ccc(F)cc1C2=O. The van der Waals surface area contributed by atoms with Crippen LogP contribution in [0.25, 0.3) is 0 Å². The van der Waals surface area contributed by atoms with Crippen LogP contribution in [0.5, 0.6) is 11.5 Å². The number of rotatable bonds is 5. The van der Waals surface area contributed by atoms with Gasteiger partial charge in [-0.05, 0) is 31.2 Å². The van der Waals surface area contributed by atoms with E-state index in [9.17, 15) is 19.1 Å². The van der Waals surface area contributed by atoms with E-state index in [1.807, 2.05) is 0 Å².